The number of nitrogens with two attached hydrogens (primary N) is 1. The summed E-state index contributed by atoms with van der Waals surface area (Å²) in [5, 5.41) is 0. The van der Waals surface area contributed by atoms with Crippen molar-refractivity contribution in [1.82, 2.24) is 14.9 Å². The summed E-state index contributed by atoms with van der Waals surface area (Å²) in [5.74, 6) is -0.0569. The lowest BCUT2D eigenvalue weighted by Crippen LogP contribution is -2.42. The van der Waals surface area contributed by atoms with Crippen LogP contribution in [0, 0.1) is 0 Å². The molecule has 1 aromatic rings. The third-order valence-electron chi connectivity index (χ3n) is 3.39. The molecule has 0 unspecified atom stereocenters. The van der Waals surface area contributed by atoms with Crippen LogP contribution in [-0.2, 0) is 0 Å². The standard InChI is InChI=1S/C12H18N4O/c1-16(10-4-2-9(13)3-5-10)12(17)11-8-14-6-7-15-11/h6-10H,2-5,13H2,1H3. The van der Waals surface area contributed by atoms with Gasteiger partial charge < -0.3 is 10.6 Å². The van der Waals surface area contributed by atoms with Crippen LogP contribution in [0.15, 0.2) is 18.6 Å². The minimum Gasteiger partial charge on any atom is -0.337 e. The Bertz CT molecular complexity index is 373. The van der Waals surface area contributed by atoms with E-state index in [1.54, 1.807) is 11.1 Å². The number of aromatic nitrogens is 2. The van der Waals surface area contributed by atoms with Crippen LogP contribution in [0.25, 0.3) is 0 Å². The van der Waals surface area contributed by atoms with E-state index in [2.05, 4.69) is 9.97 Å². The fourth-order valence-electron chi connectivity index (χ4n) is 2.24. The third-order valence-corrected chi connectivity index (χ3v) is 3.39. The summed E-state index contributed by atoms with van der Waals surface area (Å²) in [6.45, 7) is 0. The monoisotopic (exact) mass is 234 g/mol. The molecule has 1 aliphatic carbocycles. The molecule has 0 aromatic carbocycles. The van der Waals surface area contributed by atoms with Crippen LogP contribution in [0.5, 0.6) is 0 Å². The van der Waals surface area contributed by atoms with E-state index < -0.39 is 0 Å². The van der Waals surface area contributed by atoms with Crippen molar-refractivity contribution in [3.63, 3.8) is 0 Å². The van der Waals surface area contributed by atoms with Gasteiger partial charge in [-0.2, -0.15) is 0 Å². The Labute approximate surface area is 101 Å². The summed E-state index contributed by atoms with van der Waals surface area (Å²) < 4.78 is 0. The zero-order valence-corrected chi connectivity index (χ0v) is 10.0. The number of rotatable bonds is 2. The van der Waals surface area contributed by atoms with E-state index in [1.807, 2.05) is 7.05 Å². The average molecular weight is 234 g/mol. The van der Waals surface area contributed by atoms with Gasteiger partial charge in [-0.25, -0.2) is 4.98 Å². The van der Waals surface area contributed by atoms with E-state index in [0.29, 0.717) is 11.7 Å². The molecule has 1 aromatic heterocycles. The fraction of sp³-hybridized carbons (Fsp3) is 0.583. The van der Waals surface area contributed by atoms with Crippen LogP contribution >= 0.6 is 0 Å². The highest BCUT2D eigenvalue weighted by Gasteiger charge is 2.26. The van der Waals surface area contributed by atoms with Crippen LogP contribution in [0.3, 0.4) is 0 Å². The second-order valence-electron chi connectivity index (χ2n) is 4.58. The number of hydrogen-bond acceptors (Lipinski definition) is 4. The first kappa shape index (κ1) is 12.0. The van der Waals surface area contributed by atoms with Crippen LogP contribution in [-0.4, -0.2) is 39.9 Å². The van der Waals surface area contributed by atoms with Gasteiger partial charge in [0.1, 0.15) is 5.69 Å². The minimum absolute atomic E-state index is 0.0569. The van der Waals surface area contributed by atoms with E-state index in [4.69, 9.17) is 5.73 Å². The molecular formula is C12H18N4O. The summed E-state index contributed by atoms with van der Waals surface area (Å²) in [6, 6.07) is 0.579. The third kappa shape index (κ3) is 2.79. The van der Waals surface area contributed by atoms with Crippen LogP contribution in [0.2, 0.25) is 0 Å². The molecule has 1 amide bonds. The van der Waals surface area contributed by atoms with Crippen LogP contribution in [0.1, 0.15) is 36.2 Å². The average Bonchev–Trinajstić information content (AvgIpc) is 2.39. The van der Waals surface area contributed by atoms with Crippen molar-refractivity contribution in [3.05, 3.63) is 24.3 Å². The first-order valence-corrected chi connectivity index (χ1v) is 5.97. The first-order valence-electron chi connectivity index (χ1n) is 5.97. The lowest BCUT2D eigenvalue weighted by molar-refractivity contribution is 0.0683. The van der Waals surface area contributed by atoms with Gasteiger partial charge >= 0.3 is 0 Å². The molecule has 0 radical (unpaired) electrons. The number of carbonyl (C=O) groups is 1. The Hall–Kier alpha value is -1.49. The van der Waals surface area contributed by atoms with Crippen molar-refractivity contribution in [3.8, 4) is 0 Å². The van der Waals surface area contributed by atoms with Gasteiger partial charge in [0.05, 0.1) is 6.20 Å². The Morgan fingerprint density at radius 1 is 1.35 bits per heavy atom. The van der Waals surface area contributed by atoms with Crippen LogP contribution < -0.4 is 5.73 Å². The van der Waals surface area contributed by atoms with Gasteiger partial charge in [-0.3, -0.25) is 9.78 Å². The fourth-order valence-corrected chi connectivity index (χ4v) is 2.24. The van der Waals surface area contributed by atoms with Gasteiger partial charge in [0.25, 0.3) is 5.91 Å². The van der Waals surface area contributed by atoms with Gasteiger partial charge in [0, 0.05) is 31.5 Å². The van der Waals surface area contributed by atoms with E-state index in [0.717, 1.165) is 25.7 Å². The Balaban J connectivity index is 2.00. The topological polar surface area (TPSA) is 72.1 Å². The minimum atomic E-state index is -0.0569. The normalized spacial score (nSPS) is 24.4. The number of carbonyl (C=O) groups excluding carboxylic acids is 1. The van der Waals surface area contributed by atoms with E-state index in [1.165, 1.54) is 12.4 Å². The number of hydrogen-bond donors (Lipinski definition) is 1. The van der Waals surface area contributed by atoms with Crippen molar-refractivity contribution in [2.24, 2.45) is 5.73 Å². The van der Waals surface area contributed by atoms with Crippen molar-refractivity contribution < 1.29 is 4.79 Å². The zero-order valence-electron chi connectivity index (χ0n) is 10.0. The summed E-state index contributed by atoms with van der Waals surface area (Å²) in [4.78, 5) is 21.8. The van der Waals surface area contributed by atoms with Crippen LogP contribution in [0.4, 0.5) is 0 Å². The second-order valence-corrected chi connectivity index (χ2v) is 4.58. The van der Waals surface area contributed by atoms with E-state index in [-0.39, 0.29) is 11.9 Å². The molecule has 0 atom stereocenters. The molecule has 0 saturated heterocycles. The molecule has 0 spiro atoms. The summed E-state index contributed by atoms with van der Waals surface area (Å²) in [6.07, 6.45) is 8.54. The highest BCUT2D eigenvalue weighted by atomic mass is 16.2. The molecule has 1 saturated carbocycles. The SMILES string of the molecule is CN(C(=O)c1cnccn1)C1CCC(N)CC1. The summed E-state index contributed by atoms with van der Waals surface area (Å²) >= 11 is 0. The zero-order chi connectivity index (χ0) is 12.3. The van der Waals surface area contributed by atoms with Gasteiger partial charge in [-0.15, -0.1) is 0 Å². The Kier molecular flexibility index (Phi) is 3.68. The molecule has 1 fully saturated rings. The van der Waals surface area contributed by atoms with Gasteiger partial charge in [-0.05, 0) is 25.7 Å². The largest absolute Gasteiger partial charge is 0.337 e. The van der Waals surface area contributed by atoms with Crippen molar-refractivity contribution in [2.75, 3.05) is 7.05 Å². The van der Waals surface area contributed by atoms with Crippen molar-refractivity contribution in [2.45, 2.75) is 37.8 Å². The Morgan fingerprint density at radius 2 is 2.06 bits per heavy atom. The number of amides is 1. The molecule has 2 rings (SSSR count). The van der Waals surface area contributed by atoms with Gasteiger partial charge in [-0.1, -0.05) is 0 Å². The number of nitrogens with zero attached hydrogens (tertiary/aromatic N) is 3. The molecule has 0 aliphatic heterocycles. The molecule has 2 N–H and O–H groups in total. The highest BCUT2D eigenvalue weighted by Crippen LogP contribution is 2.21. The molecule has 5 heteroatoms. The summed E-state index contributed by atoms with van der Waals surface area (Å²) in [5.41, 5.74) is 6.27. The van der Waals surface area contributed by atoms with Gasteiger partial charge in [0.15, 0.2) is 0 Å². The first-order chi connectivity index (χ1) is 8.18. The van der Waals surface area contributed by atoms with Crippen molar-refractivity contribution in [1.29, 1.82) is 0 Å². The maximum atomic E-state index is 12.1. The predicted molar refractivity (Wildman–Crippen MR) is 64.4 cm³/mol. The van der Waals surface area contributed by atoms with Crippen molar-refractivity contribution >= 4 is 5.91 Å². The molecular weight excluding hydrogens is 216 g/mol. The highest BCUT2D eigenvalue weighted by molar-refractivity contribution is 5.91. The maximum Gasteiger partial charge on any atom is 0.274 e. The molecule has 1 heterocycles. The molecule has 5 nitrogen and oxygen atoms in total. The smallest absolute Gasteiger partial charge is 0.274 e. The quantitative estimate of drug-likeness (QED) is 0.822. The predicted octanol–water partition coefficient (Wildman–Crippen LogP) is 0.818. The molecule has 1 aliphatic rings. The van der Waals surface area contributed by atoms with Gasteiger partial charge in [0.2, 0.25) is 0 Å². The maximum absolute atomic E-state index is 12.1. The molecule has 92 valence electrons. The second kappa shape index (κ2) is 5.23. The van der Waals surface area contributed by atoms with E-state index in [9.17, 15) is 4.79 Å². The lowest BCUT2D eigenvalue weighted by Gasteiger charge is -2.33. The molecule has 17 heavy (non-hydrogen) atoms. The Morgan fingerprint density at radius 3 is 2.65 bits per heavy atom. The summed E-state index contributed by atoms with van der Waals surface area (Å²) in [7, 11) is 1.83. The van der Waals surface area contributed by atoms with E-state index >= 15 is 0 Å². The lowest BCUT2D eigenvalue weighted by atomic mass is 9.91. The molecule has 0 bridgehead atoms.